The molecule has 1 saturated carbocycles. The van der Waals surface area contributed by atoms with Crippen LogP contribution in [0, 0.1) is 11.8 Å². The van der Waals surface area contributed by atoms with Crippen molar-refractivity contribution < 1.29 is 0 Å². The van der Waals surface area contributed by atoms with Crippen molar-refractivity contribution in [1.82, 2.24) is 10.2 Å². The van der Waals surface area contributed by atoms with Crippen LogP contribution in [0.25, 0.3) is 0 Å². The molecule has 3 N–H and O–H groups in total. The SMILES string of the molecule is CC1CCN(CCCCNC(N)=NCC2CCC2)CC1.I. The van der Waals surface area contributed by atoms with Crippen LogP contribution in [-0.4, -0.2) is 43.6 Å². The first-order valence-electron chi connectivity index (χ1n) is 8.50. The average molecular weight is 408 g/mol. The Morgan fingerprint density at radius 2 is 1.90 bits per heavy atom. The van der Waals surface area contributed by atoms with Crippen molar-refractivity contribution in [3.05, 3.63) is 0 Å². The first-order valence-corrected chi connectivity index (χ1v) is 8.50. The van der Waals surface area contributed by atoms with Gasteiger partial charge < -0.3 is 16.0 Å². The number of piperidine rings is 1. The lowest BCUT2D eigenvalue weighted by Gasteiger charge is -2.30. The maximum Gasteiger partial charge on any atom is 0.188 e. The number of hydrogen-bond donors (Lipinski definition) is 2. The van der Waals surface area contributed by atoms with Gasteiger partial charge in [-0.25, -0.2) is 0 Å². The summed E-state index contributed by atoms with van der Waals surface area (Å²) in [5.41, 5.74) is 5.87. The van der Waals surface area contributed by atoms with Gasteiger partial charge in [-0.15, -0.1) is 24.0 Å². The minimum absolute atomic E-state index is 0. The first-order chi connectivity index (χ1) is 9.74. The molecular weight excluding hydrogens is 375 g/mol. The highest BCUT2D eigenvalue weighted by atomic mass is 127. The van der Waals surface area contributed by atoms with Crippen LogP contribution in [0.4, 0.5) is 0 Å². The van der Waals surface area contributed by atoms with Gasteiger partial charge in [0.25, 0.3) is 0 Å². The van der Waals surface area contributed by atoms with Crippen LogP contribution in [0.15, 0.2) is 4.99 Å². The molecule has 2 aliphatic rings. The van der Waals surface area contributed by atoms with Gasteiger partial charge in [0, 0.05) is 13.1 Å². The molecule has 21 heavy (non-hydrogen) atoms. The van der Waals surface area contributed by atoms with Crippen LogP contribution < -0.4 is 11.1 Å². The lowest BCUT2D eigenvalue weighted by Crippen LogP contribution is -2.35. The second kappa shape index (κ2) is 10.6. The molecule has 4 nitrogen and oxygen atoms in total. The molecule has 5 heteroatoms. The second-order valence-electron chi connectivity index (χ2n) is 6.68. The number of nitrogens with one attached hydrogen (secondary N) is 1. The summed E-state index contributed by atoms with van der Waals surface area (Å²) in [6.45, 7) is 8.08. The summed E-state index contributed by atoms with van der Waals surface area (Å²) in [5, 5.41) is 3.24. The van der Waals surface area contributed by atoms with E-state index in [2.05, 4.69) is 22.1 Å². The summed E-state index contributed by atoms with van der Waals surface area (Å²) < 4.78 is 0. The Balaban J connectivity index is 0.00000220. The number of nitrogens with zero attached hydrogens (tertiary/aromatic N) is 2. The lowest BCUT2D eigenvalue weighted by atomic mass is 9.86. The van der Waals surface area contributed by atoms with E-state index in [9.17, 15) is 0 Å². The molecule has 2 fully saturated rings. The van der Waals surface area contributed by atoms with Crippen molar-refractivity contribution in [3.63, 3.8) is 0 Å². The van der Waals surface area contributed by atoms with Crippen LogP contribution in [0.3, 0.4) is 0 Å². The van der Waals surface area contributed by atoms with Crippen LogP contribution in [0.1, 0.15) is 51.9 Å². The summed E-state index contributed by atoms with van der Waals surface area (Å²) in [7, 11) is 0. The zero-order valence-electron chi connectivity index (χ0n) is 13.5. The van der Waals surface area contributed by atoms with Gasteiger partial charge in [0.2, 0.25) is 0 Å². The molecule has 1 aliphatic carbocycles. The number of aliphatic imine (C=N–C) groups is 1. The molecule has 0 bridgehead atoms. The monoisotopic (exact) mass is 408 g/mol. The molecule has 0 aromatic rings. The van der Waals surface area contributed by atoms with E-state index in [-0.39, 0.29) is 24.0 Å². The molecule has 0 atom stereocenters. The fraction of sp³-hybridized carbons (Fsp3) is 0.938. The number of guanidine groups is 1. The minimum Gasteiger partial charge on any atom is -0.370 e. The summed E-state index contributed by atoms with van der Waals surface area (Å²) in [6.07, 6.45) is 9.25. The molecule has 2 rings (SSSR count). The third-order valence-electron chi connectivity index (χ3n) is 4.83. The molecule has 0 spiro atoms. The normalized spacial score (nSPS) is 21.7. The van der Waals surface area contributed by atoms with E-state index in [1.807, 2.05) is 0 Å². The lowest BCUT2D eigenvalue weighted by molar-refractivity contribution is 0.189. The minimum atomic E-state index is 0. The molecule has 0 aromatic carbocycles. The Labute approximate surface area is 147 Å². The molecule has 0 radical (unpaired) electrons. The molecule has 124 valence electrons. The summed E-state index contributed by atoms with van der Waals surface area (Å²) in [5.74, 6) is 2.38. The Bertz CT molecular complexity index is 297. The molecule has 0 unspecified atom stereocenters. The fourth-order valence-electron chi connectivity index (χ4n) is 2.92. The van der Waals surface area contributed by atoms with E-state index in [0.717, 1.165) is 24.9 Å². The predicted molar refractivity (Wildman–Crippen MR) is 101 cm³/mol. The molecule has 1 aliphatic heterocycles. The van der Waals surface area contributed by atoms with Crippen molar-refractivity contribution in [1.29, 1.82) is 0 Å². The zero-order valence-corrected chi connectivity index (χ0v) is 15.9. The number of nitrogens with two attached hydrogens (primary N) is 1. The number of rotatable bonds is 7. The third kappa shape index (κ3) is 7.68. The van der Waals surface area contributed by atoms with E-state index in [0.29, 0.717) is 5.96 Å². The summed E-state index contributed by atoms with van der Waals surface area (Å²) >= 11 is 0. The Morgan fingerprint density at radius 3 is 2.52 bits per heavy atom. The average Bonchev–Trinajstić information content (AvgIpc) is 2.39. The Morgan fingerprint density at radius 1 is 1.19 bits per heavy atom. The molecule has 0 amide bonds. The van der Waals surface area contributed by atoms with Crippen molar-refractivity contribution >= 4 is 29.9 Å². The maximum absolute atomic E-state index is 5.87. The number of likely N-dealkylation sites (tertiary alicyclic amines) is 1. The van der Waals surface area contributed by atoms with E-state index in [1.165, 1.54) is 64.6 Å². The second-order valence-corrected chi connectivity index (χ2v) is 6.68. The topological polar surface area (TPSA) is 53.6 Å². The summed E-state index contributed by atoms with van der Waals surface area (Å²) in [4.78, 5) is 7.02. The van der Waals surface area contributed by atoms with E-state index >= 15 is 0 Å². The number of hydrogen-bond acceptors (Lipinski definition) is 2. The highest BCUT2D eigenvalue weighted by Crippen LogP contribution is 2.26. The predicted octanol–water partition coefficient (Wildman–Crippen LogP) is 2.82. The van der Waals surface area contributed by atoms with Gasteiger partial charge >= 0.3 is 0 Å². The quantitative estimate of drug-likeness (QED) is 0.295. The van der Waals surface area contributed by atoms with Crippen LogP contribution in [-0.2, 0) is 0 Å². The van der Waals surface area contributed by atoms with Crippen molar-refractivity contribution in [2.45, 2.75) is 51.9 Å². The summed E-state index contributed by atoms with van der Waals surface area (Å²) in [6, 6.07) is 0. The highest BCUT2D eigenvalue weighted by Gasteiger charge is 2.16. The molecular formula is C16H33IN4. The Hall–Kier alpha value is -0.0400. The van der Waals surface area contributed by atoms with Crippen molar-refractivity contribution in [2.75, 3.05) is 32.7 Å². The third-order valence-corrected chi connectivity index (χ3v) is 4.83. The Kier molecular flexibility index (Phi) is 9.64. The maximum atomic E-state index is 5.87. The van der Waals surface area contributed by atoms with Gasteiger partial charge in [0.15, 0.2) is 5.96 Å². The van der Waals surface area contributed by atoms with Gasteiger partial charge in [0.05, 0.1) is 0 Å². The van der Waals surface area contributed by atoms with E-state index in [1.54, 1.807) is 0 Å². The zero-order chi connectivity index (χ0) is 14.2. The van der Waals surface area contributed by atoms with Gasteiger partial charge in [-0.3, -0.25) is 4.99 Å². The number of unbranched alkanes of at least 4 members (excludes halogenated alkanes) is 1. The highest BCUT2D eigenvalue weighted by molar-refractivity contribution is 14.0. The first kappa shape index (κ1) is 19.0. The van der Waals surface area contributed by atoms with Crippen molar-refractivity contribution in [2.24, 2.45) is 22.6 Å². The van der Waals surface area contributed by atoms with Crippen LogP contribution in [0.5, 0.6) is 0 Å². The molecule has 0 aromatic heterocycles. The molecule has 1 saturated heterocycles. The van der Waals surface area contributed by atoms with Gasteiger partial charge in [-0.05, 0) is 70.0 Å². The van der Waals surface area contributed by atoms with Gasteiger partial charge in [-0.2, -0.15) is 0 Å². The standard InChI is InChI=1S/C16H32N4.HI/c1-14-7-11-20(12-8-14)10-3-2-9-18-16(17)19-13-15-5-4-6-15;/h14-15H,2-13H2,1H3,(H3,17,18,19);1H. The largest absolute Gasteiger partial charge is 0.370 e. The van der Waals surface area contributed by atoms with Crippen molar-refractivity contribution in [3.8, 4) is 0 Å². The van der Waals surface area contributed by atoms with E-state index < -0.39 is 0 Å². The number of halogens is 1. The smallest absolute Gasteiger partial charge is 0.188 e. The molecule has 1 heterocycles. The van der Waals surface area contributed by atoms with Gasteiger partial charge in [0.1, 0.15) is 0 Å². The van der Waals surface area contributed by atoms with E-state index in [4.69, 9.17) is 5.73 Å². The fourth-order valence-corrected chi connectivity index (χ4v) is 2.92. The van der Waals surface area contributed by atoms with Crippen LogP contribution >= 0.6 is 24.0 Å². The van der Waals surface area contributed by atoms with Gasteiger partial charge in [-0.1, -0.05) is 13.3 Å². The van der Waals surface area contributed by atoms with Crippen LogP contribution in [0.2, 0.25) is 0 Å².